The van der Waals surface area contributed by atoms with Crippen LogP contribution >= 0.6 is 0 Å². The Balaban J connectivity index is 2.69. The minimum Gasteiger partial charge on any atom is -0.469 e. The molecule has 3 heteroatoms. The molecule has 0 spiro atoms. The van der Waals surface area contributed by atoms with E-state index in [0.29, 0.717) is 6.54 Å². The van der Waals surface area contributed by atoms with Gasteiger partial charge in [0.1, 0.15) is 5.76 Å². The topological polar surface area (TPSA) is 42.4 Å². The van der Waals surface area contributed by atoms with E-state index in [-0.39, 0.29) is 5.54 Å². The first kappa shape index (κ1) is 13.3. The molecule has 0 bridgehead atoms. The third kappa shape index (κ3) is 2.86. The lowest BCUT2D eigenvalue weighted by Gasteiger charge is -2.38. The molecule has 0 saturated carbocycles. The Morgan fingerprint density at radius 1 is 1.50 bits per heavy atom. The Morgan fingerprint density at radius 2 is 2.19 bits per heavy atom. The van der Waals surface area contributed by atoms with E-state index in [9.17, 15) is 0 Å². The summed E-state index contributed by atoms with van der Waals surface area (Å²) in [5.41, 5.74) is 7.23. The van der Waals surface area contributed by atoms with Gasteiger partial charge in [-0.25, -0.2) is 0 Å². The fraction of sp³-hybridized carbons (Fsp3) is 0.692. The minimum atomic E-state index is 0.0818. The highest BCUT2D eigenvalue weighted by Gasteiger charge is 2.27. The summed E-state index contributed by atoms with van der Waals surface area (Å²) in [5.74, 6) is 1.00. The largest absolute Gasteiger partial charge is 0.469 e. The second kappa shape index (κ2) is 5.51. The fourth-order valence-corrected chi connectivity index (χ4v) is 2.01. The lowest BCUT2D eigenvalue weighted by atomic mass is 9.94. The third-order valence-corrected chi connectivity index (χ3v) is 3.52. The first-order valence-corrected chi connectivity index (χ1v) is 5.97. The van der Waals surface area contributed by atoms with E-state index in [1.54, 1.807) is 6.26 Å². The first-order valence-electron chi connectivity index (χ1n) is 5.97. The van der Waals surface area contributed by atoms with Crippen molar-refractivity contribution in [2.75, 3.05) is 13.6 Å². The quantitative estimate of drug-likeness (QED) is 0.807. The maximum Gasteiger partial charge on any atom is 0.105 e. The van der Waals surface area contributed by atoms with Crippen LogP contribution in [0.2, 0.25) is 0 Å². The zero-order chi connectivity index (χ0) is 12.2. The summed E-state index contributed by atoms with van der Waals surface area (Å²) >= 11 is 0. The average Bonchev–Trinajstić information content (AvgIpc) is 2.64. The number of aryl methyl sites for hydroxylation is 1. The Labute approximate surface area is 98.6 Å². The van der Waals surface area contributed by atoms with Gasteiger partial charge >= 0.3 is 0 Å². The summed E-state index contributed by atoms with van der Waals surface area (Å²) in [4.78, 5) is 2.33. The summed E-state index contributed by atoms with van der Waals surface area (Å²) < 4.78 is 5.31. The normalized spacial score (nSPS) is 15.4. The molecule has 0 radical (unpaired) electrons. The lowest BCUT2D eigenvalue weighted by molar-refractivity contribution is 0.124. The van der Waals surface area contributed by atoms with E-state index in [4.69, 9.17) is 10.2 Å². The molecular formula is C13H24N2O. The van der Waals surface area contributed by atoms with Crippen LogP contribution in [0.1, 0.15) is 38.0 Å². The molecule has 0 aromatic carbocycles. The summed E-state index contributed by atoms with van der Waals surface area (Å²) in [5, 5.41) is 0. The van der Waals surface area contributed by atoms with Crippen LogP contribution in [0.3, 0.4) is 0 Å². The Morgan fingerprint density at radius 3 is 2.62 bits per heavy atom. The molecule has 2 N–H and O–H groups in total. The van der Waals surface area contributed by atoms with Crippen LogP contribution in [0.5, 0.6) is 0 Å². The molecule has 0 aliphatic heterocycles. The number of furan rings is 1. The lowest BCUT2D eigenvalue weighted by Crippen LogP contribution is -2.49. The van der Waals surface area contributed by atoms with Gasteiger partial charge in [0.25, 0.3) is 0 Å². The number of nitrogens with zero attached hydrogens (tertiary/aromatic N) is 1. The van der Waals surface area contributed by atoms with Gasteiger partial charge in [-0.1, -0.05) is 13.3 Å². The molecule has 1 aromatic heterocycles. The van der Waals surface area contributed by atoms with E-state index < -0.39 is 0 Å². The van der Waals surface area contributed by atoms with E-state index in [2.05, 4.69) is 25.8 Å². The maximum absolute atomic E-state index is 5.90. The van der Waals surface area contributed by atoms with Crippen molar-refractivity contribution in [1.29, 1.82) is 0 Å². The number of nitrogens with two attached hydrogens (primary N) is 1. The van der Waals surface area contributed by atoms with Crippen molar-refractivity contribution in [1.82, 2.24) is 4.90 Å². The van der Waals surface area contributed by atoms with Gasteiger partial charge in [-0.15, -0.1) is 0 Å². The first-order chi connectivity index (χ1) is 7.53. The van der Waals surface area contributed by atoms with Gasteiger partial charge in [0.2, 0.25) is 0 Å². The van der Waals surface area contributed by atoms with Gasteiger partial charge in [-0.05, 0) is 33.4 Å². The van der Waals surface area contributed by atoms with Crippen molar-refractivity contribution < 1.29 is 4.42 Å². The summed E-state index contributed by atoms with van der Waals surface area (Å²) in [6, 6.07) is 2.04. The van der Waals surface area contributed by atoms with Crippen molar-refractivity contribution in [2.24, 2.45) is 5.73 Å². The predicted octanol–water partition coefficient (Wildman–Crippen LogP) is 2.54. The average molecular weight is 224 g/mol. The van der Waals surface area contributed by atoms with E-state index in [1.807, 2.05) is 13.0 Å². The zero-order valence-corrected chi connectivity index (χ0v) is 10.9. The highest BCUT2D eigenvalue weighted by atomic mass is 16.3. The van der Waals surface area contributed by atoms with Gasteiger partial charge in [0.15, 0.2) is 0 Å². The molecule has 1 rings (SSSR count). The van der Waals surface area contributed by atoms with Gasteiger partial charge in [0.05, 0.1) is 6.26 Å². The second-order valence-electron chi connectivity index (χ2n) is 4.81. The Hall–Kier alpha value is -0.800. The van der Waals surface area contributed by atoms with Crippen molar-refractivity contribution in [3.8, 4) is 0 Å². The third-order valence-electron chi connectivity index (χ3n) is 3.52. The van der Waals surface area contributed by atoms with Gasteiger partial charge in [0, 0.05) is 24.2 Å². The molecule has 1 atom stereocenters. The molecule has 0 amide bonds. The molecule has 16 heavy (non-hydrogen) atoms. The monoisotopic (exact) mass is 224 g/mol. The Kier molecular flexibility index (Phi) is 4.56. The highest BCUT2D eigenvalue weighted by Crippen LogP contribution is 2.22. The molecule has 1 heterocycles. The molecule has 0 saturated heterocycles. The van der Waals surface area contributed by atoms with Crippen molar-refractivity contribution in [3.63, 3.8) is 0 Å². The molecule has 0 aliphatic rings. The molecular weight excluding hydrogens is 200 g/mol. The van der Waals surface area contributed by atoms with Crippen molar-refractivity contribution in [3.05, 3.63) is 23.7 Å². The van der Waals surface area contributed by atoms with Crippen LogP contribution in [-0.4, -0.2) is 24.0 Å². The van der Waals surface area contributed by atoms with Crippen LogP contribution < -0.4 is 5.73 Å². The molecule has 1 unspecified atom stereocenters. The van der Waals surface area contributed by atoms with E-state index in [1.165, 1.54) is 5.56 Å². The maximum atomic E-state index is 5.90. The summed E-state index contributed by atoms with van der Waals surface area (Å²) in [7, 11) is 2.13. The predicted molar refractivity (Wildman–Crippen MR) is 67.3 cm³/mol. The van der Waals surface area contributed by atoms with Crippen LogP contribution in [0.25, 0.3) is 0 Å². The van der Waals surface area contributed by atoms with Crippen molar-refractivity contribution in [2.45, 2.75) is 45.7 Å². The fourth-order valence-electron chi connectivity index (χ4n) is 2.01. The number of hydrogen-bond donors (Lipinski definition) is 1. The van der Waals surface area contributed by atoms with Crippen LogP contribution in [0.4, 0.5) is 0 Å². The SMILES string of the molecule is CCCC(C)(CN)N(C)Cc1ccoc1C. The summed E-state index contributed by atoms with van der Waals surface area (Å²) in [6.07, 6.45) is 4.03. The smallest absolute Gasteiger partial charge is 0.105 e. The number of rotatable bonds is 6. The standard InChI is InChI=1S/C13H24N2O/c1-5-7-13(3,10-14)15(4)9-12-6-8-16-11(12)2/h6,8H,5,7,9-10,14H2,1-4H3. The van der Waals surface area contributed by atoms with Crippen LogP contribution in [0.15, 0.2) is 16.7 Å². The van der Waals surface area contributed by atoms with E-state index in [0.717, 1.165) is 25.1 Å². The molecule has 1 aromatic rings. The molecule has 3 nitrogen and oxygen atoms in total. The van der Waals surface area contributed by atoms with Crippen molar-refractivity contribution >= 4 is 0 Å². The molecule has 92 valence electrons. The number of hydrogen-bond acceptors (Lipinski definition) is 3. The summed E-state index contributed by atoms with van der Waals surface area (Å²) in [6.45, 7) is 8.02. The molecule has 0 aliphatic carbocycles. The van der Waals surface area contributed by atoms with Crippen LogP contribution in [-0.2, 0) is 6.54 Å². The minimum absolute atomic E-state index is 0.0818. The van der Waals surface area contributed by atoms with E-state index >= 15 is 0 Å². The highest BCUT2D eigenvalue weighted by molar-refractivity contribution is 5.15. The Bertz CT molecular complexity index is 321. The zero-order valence-electron chi connectivity index (χ0n) is 10.9. The van der Waals surface area contributed by atoms with Crippen LogP contribution in [0, 0.1) is 6.92 Å². The second-order valence-corrected chi connectivity index (χ2v) is 4.81. The molecule has 0 fully saturated rings. The van der Waals surface area contributed by atoms with Gasteiger partial charge in [-0.3, -0.25) is 4.90 Å². The number of likely N-dealkylation sites (N-methyl/N-ethyl adjacent to an activating group) is 1. The van der Waals surface area contributed by atoms with Gasteiger partial charge < -0.3 is 10.2 Å². The van der Waals surface area contributed by atoms with Gasteiger partial charge in [-0.2, -0.15) is 0 Å².